The lowest BCUT2D eigenvalue weighted by molar-refractivity contribution is 0.178. The van der Waals surface area contributed by atoms with E-state index in [4.69, 9.17) is 5.11 Å². The molecular weight excluding hydrogens is 110 g/mol. The average Bonchev–Trinajstić information content (AvgIpc) is 1.65. The van der Waals surface area contributed by atoms with Gasteiger partial charge in [-0.3, -0.25) is 0 Å². The first kappa shape index (κ1) is 6.49. The highest BCUT2D eigenvalue weighted by Crippen LogP contribution is 1.75. The van der Waals surface area contributed by atoms with Gasteiger partial charge >= 0.3 is 6.09 Å². The van der Waals surface area contributed by atoms with Gasteiger partial charge in [0.2, 0.25) is 0 Å². The third-order valence-electron chi connectivity index (χ3n) is 0.801. The number of hydrogen-bond donors (Lipinski definition) is 1. The maximum atomic E-state index is 9.89. The molecule has 0 atom stereocenters. The average molecular weight is 119 g/mol. The highest BCUT2D eigenvalue weighted by atomic mass is 28.2. The summed E-state index contributed by atoms with van der Waals surface area (Å²) in [5.41, 5.74) is 0. The molecule has 0 unspecified atom stereocenters. The van der Waals surface area contributed by atoms with Gasteiger partial charge in [0.25, 0.3) is 0 Å². The van der Waals surface area contributed by atoms with Crippen LogP contribution in [0.1, 0.15) is 0 Å². The van der Waals surface area contributed by atoms with Crippen molar-refractivity contribution >= 4 is 15.8 Å². The maximum Gasteiger partial charge on any atom is 0.398 e. The molecule has 4 heteroatoms. The highest BCUT2D eigenvalue weighted by Gasteiger charge is 1.97. The van der Waals surface area contributed by atoms with Gasteiger partial charge in [0, 0.05) is 7.05 Å². The number of carboxylic acid groups (broad SMARTS) is 1. The number of rotatable bonds is 1. The Balaban J connectivity index is 3.34. The fourth-order valence-corrected chi connectivity index (χ4v) is 0.406. The van der Waals surface area contributed by atoms with Crippen molar-refractivity contribution in [2.45, 2.75) is 6.55 Å². The fourth-order valence-electron chi connectivity index (χ4n) is 0.135. The molecule has 3 nitrogen and oxygen atoms in total. The Morgan fingerprint density at radius 1 is 1.86 bits per heavy atom. The minimum absolute atomic E-state index is 0.475. The van der Waals surface area contributed by atoms with Crippen molar-refractivity contribution in [1.82, 2.24) is 4.57 Å². The Labute approximate surface area is 44.8 Å². The van der Waals surface area contributed by atoms with Crippen LogP contribution in [0, 0.1) is 0 Å². The molecule has 0 heterocycles. The van der Waals surface area contributed by atoms with Crippen LogP contribution in [-0.2, 0) is 0 Å². The zero-order valence-corrected chi connectivity index (χ0v) is 5.92. The van der Waals surface area contributed by atoms with Gasteiger partial charge in [0.15, 0.2) is 0 Å². The molecule has 0 fully saturated rings. The molecule has 0 radical (unpaired) electrons. The van der Waals surface area contributed by atoms with Gasteiger partial charge in [-0.15, -0.1) is 0 Å². The van der Waals surface area contributed by atoms with Crippen molar-refractivity contribution in [3.05, 3.63) is 0 Å². The van der Waals surface area contributed by atoms with Gasteiger partial charge in [-0.25, -0.2) is 4.79 Å². The van der Waals surface area contributed by atoms with E-state index in [-0.39, 0.29) is 0 Å². The van der Waals surface area contributed by atoms with Crippen LogP contribution >= 0.6 is 0 Å². The van der Waals surface area contributed by atoms with Crippen LogP contribution in [0.4, 0.5) is 4.79 Å². The lowest BCUT2D eigenvalue weighted by atomic mass is 11.1. The van der Waals surface area contributed by atoms with Gasteiger partial charge in [-0.05, 0) is 0 Å². The third kappa shape index (κ3) is 2.22. The van der Waals surface area contributed by atoms with Crippen molar-refractivity contribution < 1.29 is 9.90 Å². The smallest absolute Gasteiger partial charge is 0.398 e. The summed E-state index contributed by atoms with van der Waals surface area (Å²) in [7, 11) is 1.12. The molecule has 42 valence electrons. The largest absolute Gasteiger partial charge is 0.465 e. The highest BCUT2D eigenvalue weighted by molar-refractivity contribution is 6.34. The maximum absolute atomic E-state index is 9.89. The Bertz CT molecular complexity index is 75.3. The van der Waals surface area contributed by atoms with Gasteiger partial charge < -0.3 is 9.67 Å². The van der Waals surface area contributed by atoms with E-state index in [0.29, 0.717) is 0 Å². The summed E-state index contributed by atoms with van der Waals surface area (Å²) in [6.45, 7) is 1.92. The molecule has 0 aromatic carbocycles. The van der Waals surface area contributed by atoms with Crippen LogP contribution in [0.3, 0.4) is 0 Å². The lowest BCUT2D eigenvalue weighted by Gasteiger charge is -2.06. The molecule has 1 amide bonds. The first-order valence-electron chi connectivity index (χ1n) is 2.12. The summed E-state index contributed by atoms with van der Waals surface area (Å²) in [5.74, 6) is 0. The number of nitrogens with zero attached hydrogens (tertiary/aromatic N) is 1. The minimum Gasteiger partial charge on any atom is -0.465 e. The van der Waals surface area contributed by atoms with E-state index in [2.05, 4.69) is 0 Å². The molecular formula is C3H9NO2Si. The molecule has 0 saturated heterocycles. The second-order valence-electron chi connectivity index (χ2n) is 1.30. The van der Waals surface area contributed by atoms with Crippen molar-refractivity contribution in [1.29, 1.82) is 0 Å². The van der Waals surface area contributed by atoms with Gasteiger partial charge in [-0.1, -0.05) is 6.55 Å². The summed E-state index contributed by atoms with van der Waals surface area (Å²) in [5, 5.41) is 8.14. The van der Waals surface area contributed by atoms with Crippen LogP contribution in [0.5, 0.6) is 0 Å². The Morgan fingerprint density at radius 2 is 2.29 bits per heavy atom. The van der Waals surface area contributed by atoms with Crippen LogP contribution in [-0.4, -0.2) is 32.5 Å². The summed E-state index contributed by atoms with van der Waals surface area (Å²) in [4.78, 5) is 9.89. The first-order valence-corrected chi connectivity index (χ1v) is 4.17. The van der Waals surface area contributed by atoms with Crippen molar-refractivity contribution in [2.75, 3.05) is 7.05 Å². The lowest BCUT2D eigenvalue weighted by Crippen LogP contribution is -2.26. The molecule has 7 heavy (non-hydrogen) atoms. The van der Waals surface area contributed by atoms with Gasteiger partial charge in [-0.2, -0.15) is 0 Å². The van der Waals surface area contributed by atoms with Crippen LogP contribution < -0.4 is 0 Å². The molecule has 0 saturated carbocycles. The first-order chi connectivity index (χ1) is 3.18. The zero-order chi connectivity index (χ0) is 5.86. The SMILES string of the molecule is C[SiH2]N(C)C(=O)O. The van der Waals surface area contributed by atoms with Crippen LogP contribution in [0.15, 0.2) is 0 Å². The van der Waals surface area contributed by atoms with E-state index in [1.807, 2.05) is 6.55 Å². The number of hydrogen-bond acceptors (Lipinski definition) is 1. The molecule has 0 aromatic heterocycles. The Morgan fingerprint density at radius 3 is 2.29 bits per heavy atom. The van der Waals surface area contributed by atoms with Gasteiger partial charge in [0.1, 0.15) is 9.68 Å². The molecule has 0 aliphatic carbocycles. The molecule has 0 aromatic rings. The van der Waals surface area contributed by atoms with Gasteiger partial charge in [0.05, 0.1) is 0 Å². The molecule has 0 bridgehead atoms. The van der Waals surface area contributed by atoms with Crippen molar-refractivity contribution in [3.8, 4) is 0 Å². The second kappa shape index (κ2) is 2.63. The van der Waals surface area contributed by atoms with Crippen molar-refractivity contribution in [2.24, 2.45) is 0 Å². The van der Waals surface area contributed by atoms with E-state index < -0.39 is 15.8 Å². The Kier molecular flexibility index (Phi) is 2.43. The van der Waals surface area contributed by atoms with E-state index in [1.54, 1.807) is 7.05 Å². The fraction of sp³-hybridized carbons (Fsp3) is 0.667. The Hall–Kier alpha value is -0.513. The quantitative estimate of drug-likeness (QED) is 0.483. The van der Waals surface area contributed by atoms with Crippen molar-refractivity contribution in [3.63, 3.8) is 0 Å². The van der Waals surface area contributed by atoms with E-state index in [1.165, 1.54) is 4.57 Å². The van der Waals surface area contributed by atoms with Crippen LogP contribution in [0.25, 0.3) is 0 Å². The normalized spacial score (nSPS) is 10.0. The standard InChI is InChI=1S/C3H9NO2Si/c1-4(7-2)3(5)6/h7H2,1-2H3,(H,5,6). The zero-order valence-electron chi connectivity index (χ0n) is 4.51. The van der Waals surface area contributed by atoms with E-state index >= 15 is 0 Å². The third-order valence-corrected chi connectivity index (χ3v) is 2.02. The molecule has 0 spiro atoms. The summed E-state index contributed by atoms with van der Waals surface area (Å²) >= 11 is 0. The predicted molar refractivity (Wildman–Crippen MR) is 30.2 cm³/mol. The number of carbonyl (C=O) groups is 1. The topological polar surface area (TPSA) is 40.5 Å². The monoisotopic (exact) mass is 119 g/mol. The second-order valence-corrected chi connectivity index (χ2v) is 2.88. The predicted octanol–water partition coefficient (Wildman–Crippen LogP) is -0.272. The summed E-state index contributed by atoms with van der Waals surface area (Å²) in [6.07, 6.45) is -0.811. The molecule has 0 rings (SSSR count). The summed E-state index contributed by atoms with van der Waals surface area (Å²) in [6, 6.07) is 0. The van der Waals surface area contributed by atoms with E-state index in [9.17, 15) is 4.79 Å². The summed E-state index contributed by atoms with van der Waals surface area (Å²) < 4.78 is 1.35. The molecule has 0 aliphatic rings. The number of amides is 1. The molecule has 0 aliphatic heterocycles. The minimum atomic E-state index is -0.811. The van der Waals surface area contributed by atoms with Crippen LogP contribution in [0.2, 0.25) is 6.55 Å². The van der Waals surface area contributed by atoms with E-state index in [0.717, 1.165) is 0 Å². The molecule has 1 N–H and O–H groups in total.